The summed E-state index contributed by atoms with van der Waals surface area (Å²) in [5.74, 6) is 0.251. The molecule has 0 spiro atoms. The van der Waals surface area contributed by atoms with E-state index in [9.17, 15) is 13.2 Å². The molecular weight excluding hydrogens is 376 g/mol. The van der Waals surface area contributed by atoms with Crippen LogP contribution in [0.1, 0.15) is 26.7 Å². The standard InChI is InChI=1S/C20H26N4O3S/c1-15(2)19(23-28(26,27)17-8-4-3-5-9-17)20(25)22-16-10-11-18(21-14-16)24-12-6-7-13-24/h3-5,8-11,14-15,19,23H,6-7,12-13H2,1-2H3,(H,22,25)/t19-/m0/s1. The molecule has 0 unspecified atom stereocenters. The number of anilines is 2. The number of amides is 1. The van der Waals surface area contributed by atoms with E-state index in [0.717, 1.165) is 31.7 Å². The summed E-state index contributed by atoms with van der Waals surface area (Å²) in [5, 5.41) is 2.77. The second-order valence-corrected chi connectivity index (χ2v) is 8.96. The fourth-order valence-corrected chi connectivity index (χ4v) is 4.51. The lowest BCUT2D eigenvalue weighted by Gasteiger charge is -2.22. The number of sulfonamides is 1. The Morgan fingerprint density at radius 3 is 2.32 bits per heavy atom. The quantitative estimate of drug-likeness (QED) is 0.743. The number of rotatable bonds is 7. The molecule has 7 nitrogen and oxygen atoms in total. The molecule has 1 fully saturated rings. The molecule has 1 aliphatic rings. The highest BCUT2D eigenvalue weighted by atomic mass is 32.2. The first-order valence-corrected chi connectivity index (χ1v) is 10.9. The first-order valence-electron chi connectivity index (χ1n) is 9.46. The smallest absolute Gasteiger partial charge is 0.242 e. The van der Waals surface area contributed by atoms with Crippen molar-refractivity contribution in [2.75, 3.05) is 23.3 Å². The summed E-state index contributed by atoms with van der Waals surface area (Å²) in [4.78, 5) is 19.5. The highest BCUT2D eigenvalue weighted by molar-refractivity contribution is 7.89. The Hall–Kier alpha value is -2.45. The van der Waals surface area contributed by atoms with Crippen molar-refractivity contribution < 1.29 is 13.2 Å². The van der Waals surface area contributed by atoms with E-state index in [2.05, 4.69) is 19.9 Å². The van der Waals surface area contributed by atoms with Crippen molar-refractivity contribution >= 4 is 27.4 Å². The number of nitrogens with one attached hydrogen (secondary N) is 2. The molecule has 2 heterocycles. The van der Waals surface area contributed by atoms with Gasteiger partial charge < -0.3 is 10.2 Å². The molecule has 150 valence electrons. The summed E-state index contributed by atoms with van der Waals surface area (Å²) >= 11 is 0. The zero-order chi connectivity index (χ0) is 20.1. The molecule has 28 heavy (non-hydrogen) atoms. The zero-order valence-corrected chi connectivity index (χ0v) is 16.9. The Morgan fingerprint density at radius 2 is 1.75 bits per heavy atom. The Labute approximate surface area is 166 Å². The molecule has 2 N–H and O–H groups in total. The Kier molecular flexibility index (Phi) is 6.31. The summed E-state index contributed by atoms with van der Waals surface area (Å²) in [6.07, 6.45) is 3.93. The Balaban J connectivity index is 1.69. The first-order chi connectivity index (χ1) is 13.4. The number of benzene rings is 1. The van der Waals surface area contributed by atoms with Crippen LogP contribution in [0, 0.1) is 5.92 Å². The average Bonchev–Trinajstić information content (AvgIpc) is 3.22. The summed E-state index contributed by atoms with van der Waals surface area (Å²) in [5.41, 5.74) is 0.539. The molecular formula is C20H26N4O3S. The van der Waals surface area contributed by atoms with Crippen LogP contribution in [0.25, 0.3) is 0 Å². The van der Waals surface area contributed by atoms with Crippen LogP contribution in [0.15, 0.2) is 53.6 Å². The minimum atomic E-state index is -3.79. The van der Waals surface area contributed by atoms with Crippen LogP contribution in [0.2, 0.25) is 0 Å². The summed E-state index contributed by atoms with van der Waals surface area (Å²) in [6, 6.07) is 10.8. The maximum absolute atomic E-state index is 12.7. The van der Waals surface area contributed by atoms with E-state index >= 15 is 0 Å². The number of aromatic nitrogens is 1. The molecule has 1 saturated heterocycles. The summed E-state index contributed by atoms with van der Waals surface area (Å²) < 4.78 is 27.7. The van der Waals surface area contributed by atoms with Gasteiger partial charge in [-0.05, 0) is 43.0 Å². The topological polar surface area (TPSA) is 91.4 Å². The van der Waals surface area contributed by atoms with E-state index in [4.69, 9.17) is 0 Å². The third-order valence-corrected chi connectivity index (χ3v) is 6.19. The third-order valence-electron chi connectivity index (χ3n) is 4.73. The van der Waals surface area contributed by atoms with Crippen LogP contribution in [0.4, 0.5) is 11.5 Å². The van der Waals surface area contributed by atoms with Gasteiger partial charge in [-0.2, -0.15) is 4.72 Å². The van der Waals surface area contributed by atoms with Crippen LogP contribution in [0.3, 0.4) is 0 Å². The lowest BCUT2D eigenvalue weighted by Crippen LogP contribution is -2.47. The van der Waals surface area contributed by atoms with Crippen LogP contribution < -0.4 is 14.9 Å². The fraction of sp³-hybridized carbons (Fsp3) is 0.400. The van der Waals surface area contributed by atoms with Crippen molar-refractivity contribution in [3.63, 3.8) is 0 Å². The first kappa shape index (κ1) is 20.3. The maximum atomic E-state index is 12.7. The van der Waals surface area contributed by atoms with Gasteiger partial charge in [0, 0.05) is 13.1 Å². The van der Waals surface area contributed by atoms with Gasteiger partial charge in [-0.1, -0.05) is 32.0 Å². The zero-order valence-electron chi connectivity index (χ0n) is 16.1. The third kappa shape index (κ3) is 4.88. The lowest BCUT2D eigenvalue weighted by atomic mass is 10.1. The van der Waals surface area contributed by atoms with Crippen molar-refractivity contribution in [2.24, 2.45) is 5.92 Å². The van der Waals surface area contributed by atoms with Gasteiger partial charge in [0.2, 0.25) is 15.9 Å². The molecule has 8 heteroatoms. The predicted octanol–water partition coefficient (Wildman–Crippen LogP) is 2.62. The SMILES string of the molecule is CC(C)[C@H](NS(=O)(=O)c1ccccc1)C(=O)Nc1ccc(N2CCCC2)nc1. The number of nitrogens with zero attached hydrogens (tertiary/aromatic N) is 2. The van der Waals surface area contributed by atoms with Gasteiger partial charge in [0.15, 0.2) is 0 Å². The largest absolute Gasteiger partial charge is 0.357 e. The lowest BCUT2D eigenvalue weighted by molar-refractivity contribution is -0.118. The van der Waals surface area contributed by atoms with Crippen LogP contribution in [-0.4, -0.2) is 38.4 Å². The number of carbonyl (C=O) groups excluding carboxylic acids is 1. The van der Waals surface area contributed by atoms with Gasteiger partial charge >= 0.3 is 0 Å². The average molecular weight is 403 g/mol. The van der Waals surface area contributed by atoms with Crippen molar-refractivity contribution in [3.8, 4) is 0 Å². The van der Waals surface area contributed by atoms with E-state index in [-0.39, 0.29) is 10.8 Å². The van der Waals surface area contributed by atoms with Crippen LogP contribution in [-0.2, 0) is 14.8 Å². The summed E-state index contributed by atoms with van der Waals surface area (Å²) in [7, 11) is -3.79. The van der Waals surface area contributed by atoms with Gasteiger partial charge in [-0.3, -0.25) is 4.79 Å². The van der Waals surface area contributed by atoms with Gasteiger partial charge in [-0.25, -0.2) is 13.4 Å². The number of pyridine rings is 1. The van der Waals surface area contributed by atoms with E-state index in [1.807, 2.05) is 6.07 Å². The van der Waals surface area contributed by atoms with Crippen LogP contribution in [0.5, 0.6) is 0 Å². The molecule has 1 amide bonds. The number of carbonyl (C=O) groups is 1. The molecule has 1 aliphatic heterocycles. The normalized spacial score (nSPS) is 15.6. The van der Waals surface area contributed by atoms with E-state index in [1.54, 1.807) is 44.3 Å². The van der Waals surface area contributed by atoms with Gasteiger partial charge in [0.05, 0.1) is 16.8 Å². The molecule has 0 aliphatic carbocycles. The van der Waals surface area contributed by atoms with Crippen molar-refractivity contribution in [1.29, 1.82) is 0 Å². The Bertz CT molecular complexity index is 893. The second kappa shape index (κ2) is 8.70. The monoisotopic (exact) mass is 402 g/mol. The van der Waals surface area contributed by atoms with Gasteiger partial charge in [-0.15, -0.1) is 0 Å². The minimum absolute atomic E-state index is 0.130. The molecule has 2 aromatic rings. The van der Waals surface area contributed by atoms with Gasteiger partial charge in [0.1, 0.15) is 11.9 Å². The highest BCUT2D eigenvalue weighted by Crippen LogP contribution is 2.20. The molecule has 1 aromatic carbocycles. The van der Waals surface area contributed by atoms with E-state index in [0.29, 0.717) is 5.69 Å². The van der Waals surface area contributed by atoms with Crippen molar-refractivity contribution in [1.82, 2.24) is 9.71 Å². The van der Waals surface area contributed by atoms with E-state index in [1.165, 1.54) is 12.1 Å². The fourth-order valence-electron chi connectivity index (χ4n) is 3.14. The van der Waals surface area contributed by atoms with Gasteiger partial charge in [0.25, 0.3) is 0 Å². The predicted molar refractivity (Wildman–Crippen MR) is 110 cm³/mol. The minimum Gasteiger partial charge on any atom is -0.357 e. The number of hydrogen-bond donors (Lipinski definition) is 2. The second-order valence-electron chi connectivity index (χ2n) is 7.24. The molecule has 0 bridgehead atoms. The van der Waals surface area contributed by atoms with Crippen LogP contribution >= 0.6 is 0 Å². The highest BCUT2D eigenvalue weighted by Gasteiger charge is 2.28. The van der Waals surface area contributed by atoms with Crippen molar-refractivity contribution in [2.45, 2.75) is 37.6 Å². The number of hydrogen-bond acceptors (Lipinski definition) is 5. The van der Waals surface area contributed by atoms with Crippen molar-refractivity contribution in [3.05, 3.63) is 48.7 Å². The molecule has 1 atom stereocenters. The molecule has 0 radical (unpaired) electrons. The van der Waals surface area contributed by atoms with E-state index < -0.39 is 22.0 Å². The molecule has 3 rings (SSSR count). The Morgan fingerprint density at radius 1 is 1.07 bits per heavy atom. The summed E-state index contributed by atoms with van der Waals surface area (Å²) in [6.45, 7) is 5.59. The molecule has 1 aromatic heterocycles. The molecule has 0 saturated carbocycles. The maximum Gasteiger partial charge on any atom is 0.242 e.